The van der Waals surface area contributed by atoms with E-state index in [4.69, 9.17) is 4.74 Å². The first-order chi connectivity index (χ1) is 6.47. The van der Waals surface area contributed by atoms with Gasteiger partial charge in [0.25, 0.3) is 0 Å². The molecule has 0 radical (unpaired) electrons. The van der Waals surface area contributed by atoms with Gasteiger partial charge < -0.3 is 4.74 Å². The number of ether oxygens (including phenoxy) is 1. The largest absolute Gasteiger partial charge is 0.416 e. The molecule has 1 aromatic carbocycles. The van der Waals surface area contributed by atoms with Crippen molar-refractivity contribution in [2.45, 2.75) is 12.3 Å². The lowest BCUT2D eigenvalue weighted by Gasteiger charge is -2.07. The minimum absolute atomic E-state index is 0.248. The van der Waals surface area contributed by atoms with Crippen LogP contribution in [-0.2, 0) is 10.9 Å². The van der Waals surface area contributed by atoms with Gasteiger partial charge in [-0.2, -0.15) is 13.2 Å². The molecule has 76 valence electrons. The molecule has 2 rings (SSSR count). The summed E-state index contributed by atoms with van der Waals surface area (Å²) >= 11 is 0. The Balaban J connectivity index is 2.41. The lowest BCUT2D eigenvalue weighted by molar-refractivity contribution is -0.137. The molecule has 0 bridgehead atoms. The third kappa shape index (κ3) is 1.87. The van der Waals surface area contributed by atoms with Crippen LogP contribution < -0.4 is 0 Å². The van der Waals surface area contributed by atoms with E-state index in [2.05, 4.69) is 0 Å². The van der Waals surface area contributed by atoms with Gasteiger partial charge in [0.15, 0.2) is 0 Å². The highest BCUT2D eigenvalue weighted by molar-refractivity contribution is 5.29. The summed E-state index contributed by atoms with van der Waals surface area (Å²) in [6.45, 7) is 0.362. The summed E-state index contributed by atoms with van der Waals surface area (Å²) in [6.07, 6.45) is -4.88. The average Bonchev–Trinajstić information content (AvgIpc) is 2.83. The molecule has 1 unspecified atom stereocenters. The van der Waals surface area contributed by atoms with Gasteiger partial charge in [-0.15, -0.1) is 0 Å². The van der Waals surface area contributed by atoms with Crippen LogP contribution in [0.2, 0.25) is 0 Å². The molecule has 0 spiro atoms. The molecule has 5 heteroatoms. The molecule has 1 aromatic rings. The number of hydrogen-bond donors (Lipinski definition) is 0. The molecular formula is C9H6F4O. The van der Waals surface area contributed by atoms with Crippen molar-refractivity contribution in [3.05, 3.63) is 35.1 Å². The van der Waals surface area contributed by atoms with Crippen LogP contribution in [-0.4, -0.2) is 6.61 Å². The number of alkyl halides is 3. The van der Waals surface area contributed by atoms with Crippen molar-refractivity contribution in [2.75, 3.05) is 6.61 Å². The van der Waals surface area contributed by atoms with Gasteiger partial charge in [0.2, 0.25) is 0 Å². The lowest BCUT2D eigenvalue weighted by atomic mass is 10.1. The van der Waals surface area contributed by atoms with Crippen LogP contribution in [0.15, 0.2) is 18.2 Å². The zero-order chi connectivity index (χ0) is 10.3. The molecular weight excluding hydrogens is 200 g/mol. The molecule has 1 fully saturated rings. The van der Waals surface area contributed by atoms with Crippen molar-refractivity contribution < 1.29 is 22.3 Å². The molecule has 0 N–H and O–H groups in total. The highest BCUT2D eigenvalue weighted by Crippen LogP contribution is 2.35. The van der Waals surface area contributed by atoms with Crippen LogP contribution in [0, 0.1) is 5.82 Å². The van der Waals surface area contributed by atoms with E-state index >= 15 is 0 Å². The first-order valence-corrected chi connectivity index (χ1v) is 3.96. The van der Waals surface area contributed by atoms with Gasteiger partial charge in [-0.05, 0) is 23.8 Å². The Labute approximate surface area is 77.3 Å². The van der Waals surface area contributed by atoms with Gasteiger partial charge in [0.1, 0.15) is 11.9 Å². The molecule has 14 heavy (non-hydrogen) atoms. The standard InChI is InChI=1S/C9H6F4O/c10-7-2-5(8-4-14-8)1-6(3-7)9(11,12)13/h1-3,8H,4H2. The molecule has 0 aromatic heterocycles. The first kappa shape index (κ1) is 9.45. The van der Waals surface area contributed by atoms with Crippen molar-refractivity contribution >= 4 is 0 Å². The maximum Gasteiger partial charge on any atom is 0.416 e. The summed E-state index contributed by atoms with van der Waals surface area (Å²) in [6, 6.07) is 2.46. The molecule has 1 saturated heterocycles. The summed E-state index contributed by atoms with van der Waals surface area (Å²) in [5.41, 5.74) is -0.722. The predicted molar refractivity (Wildman–Crippen MR) is 40.1 cm³/mol. The summed E-state index contributed by atoms with van der Waals surface area (Å²) in [5.74, 6) is -0.884. The summed E-state index contributed by atoms with van der Waals surface area (Å²) in [4.78, 5) is 0. The third-order valence-corrected chi connectivity index (χ3v) is 1.95. The monoisotopic (exact) mass is 206 g/mol. The number of epoxide rings is 1. The highest BCUT2D eigenvalue weighted by atomic mass is 19.4. The van der Waals surface area contributed by atoms with Crippen molar-refractivity contribution in [1.82, 2.24) is 0 Å². The smallest absolute Gasteiger partial charge is 0.368 e. The van der Waals surface area contributed by atoms with E-state index in [-0.39, 0.29) is 11.7 Å². The van der Waals surface area contributed by atoms with Gasteiger partial charge in [-0.1, -0.05) is 0 Å². The Bertz CT molecular complexity index is 354. The second kappa shape index (κ2) is 2.95. The highest BCUT2D eigenvalue weighted by Gasteiger charge is 2.34. The number of hydrogen-bond acceptors (Lipinski definition) is 1. The zero-order valence-corrected chi connectivity index (χ0v) is 6.94. The number of halogens is 4. The van der Waals surface area contributed by atoms with E-state index < -0.39 is 17.6 Å². The summed E-state index contributed by atoms with van der Waals surface area (Å²) in [7, 11) is 0. The molecule has 1 atom stereocenters. The van der Waals surface area contributed by atoms with Crippen molar-refractivity contribution in [1.29, 1.82) is 0 Å². The van der Waals surface area contributed by atoms with E-state index in [1.807, 2.05) is 0 Å². The summed E-state index contributed by atoms with van der Waals surface area (Å²) < 4.78 is 54.2. The van der Waals surface area contributed by atoms with E-state index in [0.717, 1.165) is 12.1 Å². The van der Waals surface area contributed by atoms with Gasteiger partial charge in [0, 0.05) is 0 Å². The van der Waals surface area contributed by atoms with Crippen LogP contribution in [0.5, 0.6) is 0 Å². The van der Waals surface area contributed by atoms with E-state index in [0.29, 0.717) is 12.7 Å². The molecule has 1 aliphatic heterocycles. The van der Waals surface area contributed by atoms with Gasteiger partial charge >= 0.3 is 6.18 Å². The Hall–Kier alpha value is -1.10. The molecule has 0 amide bonds. The Kier molecular flexibility index (Phi) is 1.99. The van der Waals surface area contributed by atoms with Gasteiger partial charge in [-0.3, -0.25) is 0 Å². The fraction of sp³-hybridized carbons (Fsp3) is 0.333. The maximum absolute atomic E-state index is 12.8. The number of benzene rings is 1. The molecule has 1 heterocycles. The van der Waals surface area contributed by atoms with E-state index in [1.54, 1.807) is 0 Å². The van der Waals surface area contributed by atoms with Crippen LogP contribution >= 0.6 is 0 Å². The van der Waals surface area contributed by atoms with Crippen molar-refractivity contribution in [3.63, 3.8) is 0 Å². The van der Waals surface area contributed by atoms with E-state index in [1.165, 1.54) is 0 Å². The second-order valence-corrected chi connectivity index (χ2v) is 3.09. The molecule has 1 aliphatic rings. The Morgan fingerprint density at radius 3 is 2.36 bits per heavy atom. The predicted octanol–water partition coefficient (Wildman–Crippen LogP) is 2.92. The Morgan fingerprint density at radius 2 is 1.86 bits per heavy atom. The van der Waals surface area contributed by atoms with Crippen molar-refractivity contribution in [3.8, 4) is 0 Å². The SMILES string of the molecule is Fc1cc(C2CO2)cc(C(F)(F)F)c1. The van der Waals surface area contributed by atoms with E-state index in [9.17, 15) is 17.6 Å². The van der Waals surface area contributed by atoms with Crippen LogP contribution in [0.1, 0.15) is 17.2 Å². The van der Waals surface area contributed by atoms with Gasteiger partial charge in [0.05, 0.1) is 12.2 Å². The Morgan fingerprint density at radius 1 is 1.21 bits per heavy atom. The van der Waals surface area contributed by atoms with Crippen LogP contribution in [0.4, 0.5) is 17.6 Å². The molecule has 0 saturated carbocycles. The lowest BCUT2D eigenvalue weighted by Crippen LogP contribution is -2.06. The molecule has 0 aliphatic carbocycles. The van der Waals surface area contributed by atoms with Crippen molar-refractivity contribution in [2.24, 2.45) is 0 Å². The normalized spacial score (nSPS) is 21.0. The van der Waals surface area contributed by atoms with Crippen LogP contribution in [0.25, 0.3) is 0 Å². The van der Waals surface area contributed by atoms with Gasteiger partial charge in [-0.25, -0.2) is 4.39 Å². The second-order valence-electron chi connectivity index (χ2n) is 3.09. The summed E-state index contributed by atoms with van der Waals surface area (Å²) in [5, 5.41) is 0. The first-order valence-electron chi connectivity index (χ1n) is 3.96. The maximum atomic E-state index is 12.8. The minimum Gasteiger partial charge on any atom is -0.368 e. The van der Waals surface area contributed by atoms with Crippen LogP contribution in [0.3, 0.4) is 0 Å². The zero-order valence-electron chi connectivity index (χ0n) is 6.94. The molecule has 1 nitrogen and oxygen atoms in total. The fourth-order valence-electron chi connectivity index (χ4n) is 1.20. The average molecular weight is 206 g/mol. The quantitative estimate of drug-likeness (QED) is 0.508. The fourth-order valence-corrected chi connectivity index (χ4v) is 1.20. The number of rotatable bonds is 1. The topological polar surface area (TPSA) is 12.5 Å². The minimum atomic E-state index is -4.51. The third-order valence-electron chi connectivity index (χ3n) is 1.95.